The van der Waals surface area contributed by atoms with Crippen LogP contribution >= 0.6 is 11.8 Å². The Hall–Kier alpha value is -3.84. The maximum absolute atomic E-state index is 12.9. The van der Waals surface area contributed by atoms with E-state index in [1.54, 1.807) is 24.3 Å². The van der Waals surface area contributed by atoms with Gasteiger partial charge in [-0.1, -0.05) is 65.7 Å². The van der Waals surface area contributed by atoms with E-state index in [-0.39, 0.29) is 30.2 Å². The monoisotopic (exact) mass is 486 g/mol. The third kappa shape index (κ3) is 6.00. The fourth-order valence-electron chi connectivity index (χ4n) is 3.67. The van der Waals surface area contributed by atoms with Crippen LogP contribution in [0.5, 0.6) is 5.75 Å². The van der Waals surface area contributed by atoms with E-state index < -0.39 is 0 Å². The molecule has 3 aromatic rings. The summed E-state index contributed by atoms with van der Waals surface area (Å²) in [6, 6.07) is 20.6. The third-order valence-corrected chi connectivity index (χ3v) is 6.46. The molecule has 1 saturated heterocycles. The second kappa shape index (κ2) is 10.6. The van der Waals surface area contributed by atoms with Gasteiger partial charge in [0, 0.05) is 11.3 Å². The number of carbonyl (C=O) groups excluding carboxylic acids is 3. The Morgan fingerprint density at radius 2 is 1.69 bits per heavy atom. The number of nitrogens with zero attached hydrogens (tertiary/aromatic N) is 1. The lowest BCUT2D eigenvalue weighted by molar-refractivity contribution is -0.123. The van der Waals surface area contributed by atoms with Gasteiger partial charge in [0.1, 0.15) is 5.75 Å². The molecule has 3 aromatic carbocycles. The number of hydrogen-bond donors (Lipinski definition) is 1. The van der Waals surface area contributed by atoms with Crippen LogP contribution in [0, 0.1) is 20.8 Å². The van der Waals surface area contributed by atoms with Crippen molar-refractivity contribution in [2.75, 3.05) is 11.9 Å². The van der Waals surface area contributed by atoms with Gasteiger partial charge in [-0.05, 0) is 61.9 Å². The van der Waals surface area contributed by atoms with Gasteiger partial charge in [-0.25, -0.2) is 0 Å². The van der Waals surface area contributed by atoms with Gasteiger partial charge >= 0.3 is 0 Å². The number of ether oxygens (including phenoxy) is 1. The van der Waals surface area contributed by atoms with E-state index in [1.165, 1.54) is 4.90 Å². The quantitative estimate of drug-likeness (QED) is 0.423. The van der Waals surface area contributed by atoms with Crippen LogP contribution in [0.25, 0.3) is 6.08 Å². The maximum Gasteiger partial charge on any atom is 0.293 e. The number of amides is 3. The lowest BCUT2D eigenvalue weighted by Gasteiger charge is -2.13. The highest BCUT2D eigenvalue weighted by Crippen LogP contribution is 2.35. The largest absolute Gasteiger partial charge is 0.483 e. The van der Waals surface area contributed by atoms with Gasteiger partial charge in [-0.2, -0.15) is 0 Å². The van der Waals surface area contributed by atoms with Gasteiger partial charge in [0.25, 0.3) is 17.1 Å². The molecule has 0 radical (unpaired) electrons. The normalized spacial score (nSPS) is 14.5. The minimum atomic E-state index is -0.344. The molecule has 1 N–H and O–H groups in total. The minimum absolute atomic E-state index is 0.187. The molecule has 0 aromatic heterocycles. The number of hydrogen-bond acceptors (Lipinski definition) is 5. The molecule has 7 heteroatoms. The summed E-state index contributed by atoms with van der Waals surface area (Å²) in [4.78, 5) is 39.5. The summed E-state index contributed by atoms with van der Waals surface area (Å²) < 4.78 is 5.77. The predicted molar refractivity (Wildman–Crippen MR) is 139 cm³/mol. The number of rotatable bonds is 7. The molecular weight excluding hydrogens is 460 g/mol. The number of anilines is 1. The van der Waals surface area contributed by atoms with Crippen molar-refractivity contribution in [2.45, 2.75) is 27.3 Å². The summed E-state index contributed by atoms with van der Waals surface area (Å²) >= 11 is 0.900. The van der Waals surface area contributed by atoms with Gasteiger partial charge in [0.2, 0.25) is 0 Å². The maximum atomic E-state index is 12.9. The average molecular weight is 487 g/mol. The zero-order valence-corrected chi connectivity index (χ0v) is 20.6. The molecule has 4 rings (SSSR count). The van der Waals surface area contributed by atoms with Crippen molar-refractivity contribution < 1.29 is 19.1 Å². The second-order valence-corrected chi connectivity index (χ2v) is 9.44. The Morgan fingerprint density at radius 3 is 2.43 bits per heavy atom. The molecule has 3 amide bonds. The Bertz CT molecular complexity index is 1310. The molecule has 0 bridgehead atoms. The first-order valence-corrected chi connectivity index (χ1v) is 12.0. The molecule has 0 atom stereocenters. The van der Waals surface area contributed by atoms with Crippen LogP contribution in [0.3, 0.4) is 0 Å². The highest BCUT2D eigenvalue weighted by Gasteiger charge is 2.35. The van der Waals surface area contributed by atoms with Crippen molar-refractivity contribution in [3.05, 3.63) is 99.5 Å². The van der Waals surface area contributed by atoms with Crippen LogP contribution < -0.4 is 10.1 Å². The molecule has 0 aliphatic carbocycles. The van der Waals surface area contributed by atoms with E-state index in [0.29, 0.717) is 16.2 Å². The molecule has 6 nitrogen and oxygen atoms in total. The Labute approximate surface area is 209 Å². The number of carbonyl (C=O) groups is 3. The van der Waals surface area contributed by atoms with Crippen molar-refractivity contribution in [3.8, 4) is 5.75 Å². The first kappa shape index (κ1) is 24.3. The zero-order chi connectivity index (χ0) is 24.9. The van der Waals surface area contributed by atoms with E-state index in [9.17, 15) is 14.4 Å². The summed E-state index contributed by atoms with van der Waals surface area (Å²) in [7, 11) is 0. The predicted octanol–water partition coefficient (Wildman–Crippen LogP) is 5.87. The molecule has 1 aliphatic heterocycles. The SMILES string of the molecule is Cc1ccc(CN2C(=O)S/C(=C\c3ccccc3OCC(=O)Nc3ccc(C)cc3C)C2=O)cc1. The molecule has 0 spiro atoms. The molecule has 35 heavy (non-hydrogen) atoms. The molecule has 178 valence electrons. The van der Waals surface area contributed by atoms with Crippen molar-refractivity contribution in [2.24, 2.45) is 0 Å². The van der Waals surface area contributed by atoms with Crippen molar-refractivity contribution >= 4 is 40.6 Å². The Morgan fingerprint density at radius 1 is 0.971 bits per heavy atom. The zero-order valence-electron chi connectivity index (χ0n) is 19.8. The Balaban J connectivity index is 1.44. The van der Waals surface area contributed by atoms with Crippen LogP contribution in [-0.2, 0) is 16.1 Å². The van der Waals surface area contributed by atoms with Gasteiger partial charge in [0.05, 0.1) is 11.4 Å². The fourth-order valence-corrected chi connectivity index (χ4v) is 4.50. The van der Waals surface area contributed by atoms with E-state index >= 15 is 0 Å². The smallest absolute Gasteiger partial charge is 0.293 e. The number of benzene rings is 3. The summed E-state index contributed by atoms with van der Waals surface area (Å²) in [6.07, 6.45) is 1.64. The number of thioether (sulfide) groups is 1. The van der Waals surface area contributed by atoms with E-state index in [0.717, 1.165) is 39.7 Å². The Kier molecular flexibility index (Phi) is 7.36. The van der Waals surface area contributed by atoms with Gasteiger partial charge < -0.3 is 10.1 Å². The molecule has 0 saturated carbocycles. The van der Waals surface area contributed by atoms with Gasteiger partial charge in [0.15, 0.2) is 6.61 Å². The van der Waals surface area contributed by atoms with Gasteiger partial charge in [-0.15, -0.1) is 0 Å². The average Bonchev–Trinajstić information content (AvgIpc) is 3.09. The molecular formula is C28H26N2O4S. The number of para-hydroxylation sites is 1. The lowest BCUT2D eigenvalue weighted by atomic mass is 10.1. The summed E-state index contributed by atoms with van der Waals surface area (Å²) in [5.74, 6) is -0.179. The second-order valence-electron chi connectivity index (χ2n) is 8.45. The minimum Gasteiger partial charge on any atom is -0.483 e. The molecule has 1 fully saturated rings. The van der Waals surface area contributed by atoms with Crippen molar-refractivity contribution in [1.82, 2.24) is 4.90 Å². The first-order chi connectivity index (χ1) is 16.8. The summed E-state index contributed by atoms with van der Waals surface area (Å²) in [5, 5.41) is 2.54. The summed E-state index contributed by atoms with van der Waals surface area (Å²) in [6.45, 7) is 5.95. The molecule has 1 heterocycles. The highest BCUT2D eigenvalue weighted by molar-refractivity contribution is 8.18. The fraction of sp³-hybridized carbons (Fsp3) is 0.179. The van der Waals surface area contributed by atoms with Gasteiger partial charge in [-0.3, -0.25) is 19.3 Å². The van der Waals surface area contributed by atoms with E-state index in [1.807, 2.05) is 69.3 Å². The topological polar surface area (TPSA) is 75.7 Å². The number of imide groups is 1. The molecule has 0 unspecified atom stereocenters. The first-order valence-electron chi connectivity index (χ1n) is 11.2. The van der Waals surface area contributed by atoms with Crippen molar-refractivity contribution in [1.29, 1.82) is 0 Å². The van der Waals surface area contributed by atoms with E-state index in [2.05, 4.69) is 5.32 Å². The van der Waals surface area contributed by atoms with Crippen LogP contribution in [0.15, 0.2) is 71.6 Å². The highest BCUT2D eigenvalue weighted by atomic mass is 32.2. The van der Waals surface area contributed by atoms with Crippen molar-refractivity contribution in [3.63, 3.8) is 0 Å². The van der Waals surface area contributed by atoms with E-state index in [4.69, 9.17) is 4.74 Å². The van der Waals surface area contributed by atoms with Crippen LogP contribution in [-0.4, -0.2) is 28.6 Å². The number of aryl methyl sites for hydroxylation is 3. The lowest BCUT2D eigenvalue weighted by Crippen LogP contribution is -2.27. The summed E-state index contributed by atoms with van der Waals surface area (Å²) in [5.41, 5.74) is 5.45. The van der Waals surface area contributed by atoms with Crippen LogP contribution in [0.4, 0.5) is 10.5 Å². The number of nitrogens with one attached hydrogen (secondary N) is 1. The van der Waals surface area contributed by atoms with Crippen LogP contribution in [0.1, 0.15) is 27.8 Å². The molecule has 1 aliphatic rings. The standard InChI is InChI=1S/C28H26N2O4S/c1-18-8-11-21(12-9-18)16-30-27(32)25(35-28(30)33)15-22-6-4-5-7-24(22)34-17-26(31)29-23-13-10-19(2)14-20(23)3/h4-15H,16-17H2,1-3H3,(H,29,31)/b25-15-. The third-order valence-electron chi connectivity index (χ3n) is 5.56. The van der Waals surface area contributed by atoms with Crippen LogP contribution in [0.2, 0.25) is 0 Å².